The molecule has 232 valence electrons. The molecule has 1 amide bonds. The summed E-state index contributed by atoms with van der Waals surface area (Å²) < 4.78 is 137. The minimum atomic E-state index is -6.37. The maximum absolute atomic E-state index is 15.0. The first-order chi connectivity index (χ1) is 20.5. The lowest BCUT2D eigenvalue weighted by molar-refractivity contribution is -0.348. The van der Waals surface area contributed by atoms with Crippen LogP contribution in [0.25, 0.3) is 11.2 Å². The number of aromatic amines is 1. The Bertz CT molecular complexity index is 1880. The van der Waals surface area contributed by atoms with Gasteiger partial charge in [0, 0.05) is 43.2 Å². The molecule has 44 heavy (non-hydrogen) atoms. The van der Waals surface area contributed by atoms with Crippen LogP contribution in [0.3, 0.4) is 0 Å². The molecule has 0 saturated carbocycles. The molecular weight excluding hydrogens is 624 g/mol. The van der Waals surface area contributed by atoms with Gasteiger partial charge in [0.05, 0.1) is 10.5 Å². The number of sulfone groups is 1. The van der Waals surface area contributed by atoms with Crippen molar-refractivity contribution in [1.29, 1.82) is 0 Å². The third kappa shape index (κ3) is 4.13. The predicted molar refractivity (Wildman–Crippen MR) is 138 cm³/mol. The monoisotopic (exact) mass is 644 g/mol. The maximum atomic E-state index is 15.0. The first kappa shape index (κ1) is 30.0. The molecule has 6 rings (SSSR count). The number of likely N-dealkylation sites (tertiary alicyclic amines) is 1. The highest BCUT2D eigenvalue weighted by Crippen LogP contribution is 2.56. The van der Waals surface area contributed by atoms with Crippen molar-refractivity contribution in [2.45, 2.75) is 40.5 Å². The number of alkyl halides is 7. The number of hydrogen-bond donors (Lipinski definition) is 1. The van der Waals surface area contributed by atoms with E-state index in [0.29, 0.717) is 6.07 Å². The SMILES string of the molecule is O=C(c1c[nH]c2nccnc12)N1CC2CCc3cc(C(F)(C(F)(F)F)C(F)(F)F)ccc3C2(S(=O)(=O)c2ccc(F)cc2)C1. The Labute approximate surface area is 243 Å². The van der Waals surface area contributed by atoms with Gasteiger partial charge in [-0.1, -0.05) is 18.2 Å². The molecule has 2 aromatic heterocycles. The first-order valence-electron chi connectivity index (χ1n) is 13.1. The minimum Gasteiger partial charge on any atom is -0.344 e. The summed E-state index contributed by atoms with van der Waals surface area (Å²) in [6.45, 7) is -0.694. The van der Waals surface area contributed by atoms with Crippen LogP contribution in [0.15, 0.2) is 66.0 Å². The number of benzene rings is 2. The quantitative estimate of drug-likeness (QED) is 0.225. The van der Waals surface area contributed by atoms with Crippen molar-refractivity contribution >= 4 is 26.9 Å². The topological polar surface area (TPSA) is 96.0 Å². The summed E-state index contributed by atoms with van der Waals surface area (Å²) in [5.41, 5.74) is -7.33. The molecule has 1 aliphatic carbocycles. The van der Waals surface area contributed by atoms with Gasteiger partial charge in [0.1, 0.15) is 16.1 Å². The highest BCUT2D eigenvalue weighted by molar-refractivity contribution is 7.92. The number of amides is 1. The molecular formula is C28H20F8N4O3S. The van der Waals surface area contributed by atoms with E-state index >= 15 is 0 Å². The van der Waals surface area contributed by atoms with E-state index in [4.69, 9.17) is 0 Å². The average Bonchev–Trinajstić information content (AvgIpc) is 3.58. The number of aromatic nitrogens is 3. The van der Waals surface area contributed by atoms with Crippen molar-refractivity contribution in [2.24, 2.45) is 5.92 Å². The molecule has 16 heteroatoms. The van der Waals surface area contributed by atoms with E-state index in [1.807, 2.05) is 0 Å². The molecule has 0 radical (unpaired) electrons. The van der Waals surface area contributed by atoms with E-state index in [1.165, 1.54) is 23.5 Å². The number of H-pyrrole nitrogens is 1. The highest BCUT2D eigenvalue weighted by Gasteiger charge is 2.73. The largest absolute Gasteiger partial charge is 0.435 e. The second-order valence-electron chi connectivity index (χ2n) is 10.7. The molecule has 1 aliphatic heterocycles. The van der Waals surface area contributed by atoms with Crippen LogP contribution in [0.2, 0.25) is 0 Å². The number of carbonyl (C=O) groups is 1. The minimum absolute atomic E-state index is 0.0641. The fourth-order valence-corrected chi connectivity index (χ4v) is 8.74. The zero-order valence-electron chi connectivity index (χ0n) is 22.2. The lowest BCUT2D eigenvalue weighted by Crippen LogP contribution is -2.51. The Hall–Kier alpha value is -4.08. The van der Waals surface area contributed by atoms with Gasteiger partial charge in [-0.25, -0.2) is 22.2 Å². The fourth-order valence-electron chi connectivity index (χ4n) is 6.38. The van der Waals surface area contributed by atoms with Gasteiger partial charge in [-0.05, 0) is 48.2 Å². The van der Waals surface area contributed by atoms with E-state index in [1.54, 1.807) is 0 Å². The third-order valence-corrected chi connectivity index (χ3v) is 11.0. The smallest absolute Gasteiger partial charge is 0.344 e. The second-order valence-corrected chi connectivity index (χ2v) is 13.0. The molecule has 1 fully saturated rings. The van der Waals surface area contributed by atoms with Crippen molar-refractivity contribution in [2.75, 3.05) is 13.1 Å². The zero-order valence-corrected chi connectivity index (χ0v) is 23.0. The molecule has 4 aromatic rings. The number of rotatable bonds is 4. The van der Waals surface area contributed by atoms with Crippen molar-refractivity contribution in [3.8, 4) is 0 Å². The summed E-state index contributed by atoms with van der Waals surface area (Å²) in [7, 11) is -4.61. The Morgan fingerprint density at radius 1 is 0.955 bits per heavy atom. The van der Waals surface area contributed by atoms with E-state index in [9.17, 15) is 48.3 Å². The first-order valence-corrected chi connectivity index (χ1v) is 14.5. The molecule has 0 bridgehead atoms. The third-order valence-electron chi connectivity index (χ3n) is 8.46. The molecule has 7 nitrogen and oxygen atoms in total. The Kier molecular flexibility index (Phi) is 6.61. The van der Waals surface area contributed by atoms with Gasteiger partial charge in [-0.15, -0.1) is 0 Å². The van der Waals surface area contributed by atoms with Crippen LogP contribution in [-0.2, 0) is 26.7 Å². The van der Waals surface area contributed by atoms with Crippen LogP contribution >= 0.6 is 0 Å². The second kappa shape index (κ2) is 9.71. The van der Waals surface area contributed by atoms with Gasteiger partial charge in [-0.3, -0.25) is 9.78 Å². The van der Waals surface area contributed by atoms with Crippen molar-refractivity contribution in [1.82, 2.24) is 19.9 Å². The fraction of sp³-hybridized carbons (Fsp3) is 0.321. The van der Waals surface area contributed by atoms with Gasteiger partial charge in [0.2, 0.25) is 0 Å². The summed E-state index contributed by atoms with van der Waals surface area (Å²) in [6, 6.07) is 5.18. The van der Waals surface area contributed by atoms with Crippen LogP contribution in [0.4, 0.5) is 35.1 Å². The van der Waals surface area contributed by atoms with Crippen LogP contribution in [0, 0.1) is 11.7 Å². The number of nitrogens with zero attached hydrogens (tertiary/aromatic N) is 3. The summed E-state index contributed by atoms with van der Waals surface area (Å²) in [5.74, 6) is -2.28. The number of hydrogen-bond acceptors (Lipinski definition) is 5. The molecule has 2 atom stereocenters. The Morgan fingerprint density at radius 3 is 2.27 bits per heavy atom. The molecule has 1 saturated heterocycles. The van der Waals surface area contributed by atoms with Gasteiger partial charge in [0.15, 0.2) is 15.5 Å². The highest BCUT2D eigenvalue weighted by atomic mass is 32.2. The summed E-state index contributed by atoms with van der Waals surface area (Å²) in [6.07, 6.45) is -8.94. The standard InChI is InChI=1S/C28H20F8N4O3S/c29-18-4-6-19(7-5-18)44(42,43)25-14-40(24(41)20-12-39-23-22(20)37-9-10-38-23)13-17(25)2-1-15-11-16(3-8-21(15)25)26(30,27(31,32)33)28(34,35)36/h3-12,17H,1-2,13-14H2,(H,38,39). The number of aryl methyl sites for hydroxylation is 1. The molecule has 2 aromatic carbocycles. The van der Waals surface area contributed by atoms with E-state index < -0.39 is 62.4 Å². The molecule has 2 aliphatic rings. The summed E-state index contributed by atoms with van der Waals surface area (Å²) in [4.78, 5) is 25.6. The number of fused-ring (bicyclic) bond motifs is 4. The Balaban J connectivity index is 1.52. The molecule has 1 N–H and O–H groups in total. The zero-order chi connectivity index (χ0) is 31.9. The van der Waals surface area contributed by atoms with Crippen molar-refractivity contribution < 1.29 is 48.3 Å². The average molecular weight is 645 g/mol. The van der Waals surface area contributed by atoms with Crippen LogP contribution in [0.5, 0.6) is 0 Å². The van der Waals surface area contributed by atoms with Crippen LogP contribution < -0.4 is 0 Å². The number of halogens is 8. The van der Waals surface area contributed by atoms with Crippen molar-refractivity contribution in [3.63, 3.8) is 0 Å². The molecule has 3 heterocycles. The maximum Gasteiger partial charge on any atom is 0.435 e. The van der Waals surface area contributed by atoms with E-state index in [-0.39, 0.29) is 58.2 Å². The van der Waals surface area contributed by atoms with Crippen molar-refractivity contribution in [3.05, 3.63) is 89.1 Å². The Morgan fingerprint density at radius 2 is 1.61 bits per heavy atom. The predicted octanol–water partition coefficient (Wildman–Crippen LogP) is 5.77. The van der Waals surface area contributed by atoms with Gasteiger partial charge < -0.3 is 9.88 Å². The summed E-state index contributed by atoms with van der Waals surface area (Å²) in [5, 5.41) is 0. The van der Waals surface area contributed by atoms with Gasteiger partial charge in [-0.2, -0.15) is 26.3 Å². The number of carbonyl (C=O) groups excluding carboxylic acids is 1. The normalized spacial score (nSPS) is 20.9. The van der Waals surface area contributed by atoms with Gasteiger partial charge in [0.25, 0.3) is 5.91 Å². The van der Waals surface area contributed by atoms with E-state index in [2.05, 4.69) is 15.0 Å². The van der Waals surface area contributed by atoms with E-state index in [0.717, 1.165) is 30.3 Å². The lowest BCUT2D eigenvalue weighted by Gasteiger charge is -2.40. The van der Waals surface area contributed by atoms with Gasteiger partial charge >= 0.3 is 18.0 Å². The van der Waals surface area contributed by atoms with Crippen LogP contribution in [-0.4, -0.2) is 59.6 Å². The molecule has 0 spiro atoms. The summed E-state index contributed by atoms with van der Waals surface area (Å²) >= 11 is 0. The molecule has 2 unspecified atom stereocenters. The number of nitrogens with one attached hydrogen (secondary N) is 1. The van der Waals surface area contributed by atoms with Crippen LogP contribution in [0.1, 0.15) is 33.5 Å². The lowest BCUT2D eigenvalue weighted by atomic mass is 9.75.